The largest absolute Gasteiger partial charge is 0.332 e. The molecule has 0 radical (unpaired) electrons. The number of rotatable bonds is 8. The summed E-state index contributed by atoms with van der Waals surface area (Å²) in [5.41, 5.74) is 13.2. The SMILES string of the molecule is O=CNNc1ccc(NC(=S)Nc2ccc(NNC=O)cc2)cc1. The Kier molecular flexibility index (Phi) is 6.35. The first kappa shape index (κ1) is 17.0. The maximum atomic E-state index is 10.2. The molecule has 0 aliphatic rings. The topological polar surface area (TPSA) is 106 Å². The molecule has 0 unspecified atom stereocenters. The highest BCUT2D eigenvalue weighted by molar-refractivity contribution is 7.80. The van der Waals surface area contributed by atoms with Crippen molar-refractivity contribution in [2.75, 3.05) is 21.5 Å². The molecule has 2 aromatic rings. The maximum Gasteiger partial charge on any atom is 0.225 e. The van der Waals surface area contributed by atoms with Crippen molar-refractivity contribution in [1.29, 1.82) is 0 Å². The second-order valence-electron chi connectivity index (χ2n) is 4.51. The lowest BCUT2D eigenvalue weighted by molar-refractivity contribution is -0.109. The molecule has 0 fully saturated rings. The Hall–Kier alpha value is -3.33. The third-order valence-electron chi connectivity index (χ3n) is 2.84. The molecular weight excluding hydrogens is 328 g/mol. The van der Waals surface area contributed by atoms with Gasteiger partial charge in [-0.3, -0.25) is 31.3 Å². The van der Waals surface area contributed by atoms with Gasteiger partial charge in [-0.2, -0.15) is 0 Å². The molecule has 2 amide bonds. The van der Waals surface area contributed by atoms with E-state index in [1.54, 1.807) is 24.3 Å². The number of carbonyl (C=O) groups excluding carboxylic acids is 2. The van der Waals surface area contributed by atoms with Crippen LogP contribution < -0.4 is 32.3 Å². The van der Waals surface area contributed by atoms with Gasteiger partial charge in [0.2, 0.25) is 12.8 Å². The number of hydrogen-bond donors (Lipinski definition) is 6. The summed E-state index contributed by atoms with van der Waals surface area (Å²) in [4.78, 5) is 20.4. The molecule has 2 aromatic carbocycles. The molecule has 0 aromatic heterocycles. The van der Waals surface area contributed by atoms with Gasteiger partial charge in [0.1, 0.15) is 0 Å². The van der Waals surface area contributed by atoms with Gasteiger partial charge in [0.05, 0.1) is 11.4 Å². The monoisotopic (exact) mass is 344 g/mol. The molecule has 0 spiro atoms. The van der Waals surface area contributed by atoms with Gasteiger partial charge in [-0.05, 0) is 60.7 Å². The Labute approximate surface area is 144 Å². The van der Waals surface area contributed by atoms with Crippen LogP contribution >= 0.6 is 12.2 Å². The summed E-state index contributed by atoms with van der Waals surface area (Å²) in [6.07, 6.45) is 1.11. The van der Waals surface area contributed by atoms with Crippen molar-refractivity contribution in [1.82, 2.24) is 10.9 Å². The Balaban J connectivity index is 1.86. The number of carbonyl (C=O) groups is 2. The van der Waals surface area contributed by atoms with E-state index < -0.39 is 0 Å². The summed E-state index contributed by atoms with van der Waals surface area (Å²) in [7, 11) is 0. The number of anilines is 4. The standard InChI is InChI=1S/C15H16N6O2S/c22-9-16-20-13-5-1-11(2-6-13)18-15(24)19-12-3-7-14(8-4-12)21-17-10-23/h1-10,20-21H,(H,16,22)(H,17,23)(H2,18,19,24). The molecule has 8 nitrogen and oxygen atoms in total. The zero-order chi connectivity index (χ0) is 17.2. The molecule has 0 bridgehead atoms. The normalized spacial score (nSPS) is 9.33. The van der Waals surface area contributed by atoms with E-state index in [4.69, 9.17) is 12.2 Å². The number of benzene rings is 2. The van der Waals surface area contributed by atoms with Crippen LogP contribution in [0.15, 0.2) is 48.5 Å². The average Bonchev–Trinajstić information content (AvgIpc) is 2.60. The summed E-state index contributed by atoms with van der Waals surface area (Å²) >= 11 is 5.25. The average molecular weight is 344 g/mol. The summed E-state index contributed by atoms with van der Waals surface area (Å²) in [5, 5.41) is 6.54. The van der Waals surface area contributed by atoms with Crippen LogP contribution in [0.3, 0.4) is 0 Å². The fourth-order valence-electron chi connectivity index (χ4n) is 1.79. The smallest absolute Gasteiger partial charge is 0.225 e. The second kappa shape index (κ2) is 8.96. The highest BCUT2D eigenvalue weighted by atomic mass is 32.1. The first-order valence-electron chi connectivity index (χ1n) is 6.90. The van der Waals surface area contributed by atoms with E-state index in [0.29, 0.717) is 17.9 Å². The molecule has 0 saturated carbocycles. The number of nitrogens with one attached hydrogen (secondary N) is 6. The van der Waals surface area contributed by atoms with Crippen molar-refractivity contribution in [3.05, 3.63) is 48.5 Å². The minimum Gasteiger partial charge on any atom is -0.332 e. The van der Waals surface area contributed by atoms with Crippen molar-refractivity contribution in [2.24, 2.45) is 0 Å². The Morgan fingerprint density at radius 2 is 1.00 bits per heavy atom. The number of hydrogen-bond acceptors (Lipinski definition) is 5. The lowest BCUT2D eigenvalue weighted by atomic mass is 10.3. The Bertz CT molecular complexity index is 631. The zero-order valence-corrected chi connectivity index (χ0v) is 13.3. The van der Waals surface area contributed by atoms with E-state index in [1.165, 1.54) is 0 Å². The van der Waals surface area contributed by atoms with Crippen molar-refractivity contribution < 1.29 is 9.59 Å². The minimum absolute atomic E-state index is 0.438. The van der Waals surface area contributed by atoms with Gasteiger partial charge in [0, 0.05) is 11.4 Å². The Morgan fingerprint density at radius 1 is 0.667 bits per heavy atom. The molecule has 0 aliphatic carbocycles. The van der Waals surface area contributed by atoms with E-state index >= 15 is 0 Å². The molecule has 9 heteroatoms. The number of thiocarbonyl (C=S) groups is 1. The van der Waals surface area contributed by atoms with Gasteiger partial charge in [-0.25, -0.2) is 0 Å². The summed E-state index contributed by atoms with van der Waals surface area (Å²) in [5.74, 6) is 0. The van der Waals surface area contributed by atoms with Crippen LogP contribution in [0.25, 0.3) is 0 Å². The van der Waals surface area contributed by atoms with Crippen LogP contribution in [-0.2, 0) is 9.59 Å². The van der Waals surface area contributed by atoms with Crippen molar-refractivity contribution in [3.8, 4) is 0 Å². The van der Waals surface area contributed by atoms with Crippen LogP contribution in [0.5, 0.6) is 0 Å². The highest BCUT2D eigenvalue weighted by Gasteiger charge is 2.00. The minimum atomic E-state index is 0.438. The second-order valence-corrected chi connectivity index (χ2v) is 4.92. The Morgan fingerprint density at radius 3 is 1.33 bits per heavy atom. The fourth-order valence-corrected chi connectivity index (χ4v) is 2.03. The molecule has 0 saturated heterocycles. The van der Waals surface area contributed by atoms with Crippen LogP contribution in [0.1, 0.15) is 0 Å². The molecule has 0 aliphatic heterocycles. The summed E-state index contributed by atoms with van der Waals surface area (Å²) < 4.78 is 0. The fraction of sp³-hybridized carbons (Fsp3) is 0. The van der Waals surface area contributed by atoms with Gasteiger partial charge in [0.25, 0.3) is 0 Å². The molecule has 24 heavy (non-hydrogen) atoms. The molecular formula is C15H16N6O2S. The van der Waals surface area contributed by atoms with E-state index in [2.05, 4.69) is 32.3 Å². The van der Waals surface area contributed by atoms with Crippen molar-refractivity contribution in [3.63, 3.8) is 0 Å². The predicted molar refractivity (Wildman–Crippen MR) is 98.4 cm³/mol. The maximum absolute atomic E-state index is 10.2. The van der Waals surface area contributed by atoms with E-state index in [9.17, 15) is 9.59 Å². The van der Waals surface area contributed by atoms with Gasteiger partial charge < -0.3 is 10.6 Å². The van der Waals surface area contributed by atoms with Gasteiger partial charge >= 0.3 is 0 Å². The third kappa shape index (κ3) is 5.46. The molecule has 0 heterocycles. The van der Waals surface area contributed by atoms with Crippen LogP contribution in [0, 0.1) is 0 Å². The van der Waals surface area contributed by atoms with Gasteiger partial charge in [0.15, 0.2) is 5.11 Å². The van der Waals surface area contributed by atoms with E-state index in [0.717, 1.165) is 22.7 Å². The van der Waals surface area contributed by atoms with Crippen molar-refractivity contribution >= 4 is 52.9 Å². The van der Waals surface area contributed by atoms with Gasteiger partial charge in [-0.15, -0.1) is 0 Å². The lowest BCUT2D eigenvalue weighted by Crippen LogP contribution is -2.20. The van der Waals surface area contributed by atoms with Crippen LogP contribution in [-0.4, -0.2) is 17.9 Å². The number of amides is 2. The highest BCUT2D eigenvalue weighted by Crippen LogP contribution is 2.15. The molecule has 0 atom stereocenters. The molecule has 2 rings (SSSR count). The quantitative estimate of drug-likeness (QED) is 0.246. The first-order chi connectivity index (χ1) is 11.7. The third-order valence-corrected chi connectivity index (χ3v) is 3.04. The summed E-state index contributed by atoms with van der Waals surface area (Å²) in [6.45, 7) is 0. The summed E-state index contributed by atoms with van der Waals surface area (Å²) in [6, 6.07) is 14.5. The molecule has 124 valence electrons. The lowest BCUT2D eigenvalue weighted by Gasteiger charge is -2.12. The van der Waals surface area contributed by atoms with Crippen LogP contribution in [0.4, 0.5) is 22.7 Å². The molecule has 6 N–H and O–H groups in total. The van der Waals surface area contributed by atoms with Gasteiger partial charge in [-0.1, -0.05) is 0 Å². The van der Waals surface area contributed by atoms with Crippen LogP contribution in [0.2, 0.25) is 0 Å². The van der Waals surface area contributed by atoms with E-state index in [-0.39, 0.29) is 0 Å². The van der Waals surface area contributed by atoms with Crippen molar-refractivity contribution in [2.45, 2.75) is 0 Å². The number of hydrazine groups is 2. The van der Waals surface area contributed by atoms with E-state index in [1.807, 2.05) is 24.3 Å². The zero-order valence-electron chi connectivity index (χ0n) is 12.5. The predicted octanol–water partition coefficient (Wildman–Crippen LogP) is 1.64. The first-order valence-corrected chi connectivity index (χ1v) is 7.30.